The lowest BCUT2D eigenvalue weighted by molar-refractivity contribution is 0.0697. The maximum atomic E-state index is 11.0. The molecule has 28 heavy (non-hydrogen) atoms. The first-order valence-corrected chi connectivity index (χ1v) is 9.42. The van der Waals surface area contributed by atoms with Gasteiger partial charge in [0, 0.05) is 12.2 Å². The number of ether oxygens (including phenoxy) is 1. The standard InChI is InChI=1S/C22H19Cl2NO3/c1-14-9-17(22(26)27)7-8-20(14)25-12-16-10-18(23)21(19(24)11-16)28-13-15-5-3-2-4-6-15/h2-11,25H,12-13H2,1H3,(H,26,27). The maximum Gasteiger partial charge on any atom is 0.335 e. The molecule has 4 nitrogen and oxygen atoms in total. The van der Waals surface area contributed by atoms with Crippen LogP contribution in [0.25, 0.3) is 0 Å². The van der Waals surface area contributed by atoms with Crippen LogP contribution in [-0.2, 0) is 13.2 Å². The van der Waals surface area contributed by atoms with Crippen molar-refractivity contribution in [1.82, 2.24) is 0 Å². The van der Waals surface area contributed by atoms with E-state index < -0.39 is 5.97 Å². The van der Waals surface area contributed by atoms with E-state index in [4.69, 9.17) is 33.0 Å². The SMILES string of the molecule is Cc1cc(C(=O)O)ccc1NCc1cc(Cl)c(OCc2ccccc2)c(Cl)c1. The van der Waals surface area contributed by atoms with Gasteiger partial charge in [-0.3, -0.25) is 0 Å². The zero-order valence-corrected chi connectivity index (χ0v) is 16.7. The molecule has 0 aliphatic heterocycles. The van der Waals surface area contributed by atoms with E-state index in [0.717, 1.165) is 22.4 Å². The average molecular weight is 416 g/mol. The summed E-state index contributed by atoms with van der Waals surface area (Å²) in [6, 6.07) is 18.3. The lowest BCUT2D eigenvalue weighted by Crippen LogP contribution is -2.04. The lowest BCUT2D eigenvalue weighted by atomic mass is 10.1. The Hall–Kier alpha value is -2.69. The van der Waals surface area contributed by atoms with Crippen LogP contribution in [0.5, 0.6) is 5.75 Å². The monoisotopic (exact) mass is 415 g/mol. The second-order valence-corrected chi connectivity index (χ2v) is 7.17. The van der Waals surface area contributed by atoms with E-state index in [1.54, 1.807) is 18.2 Å². The molecule has 0 bridgehead atoms. The Kier molecular flexibility index (Phi) is 6.45. The van der Waals surface area contributed by atoms with Gasteiger partial charge in [-0.25, -0.2) is 4.79 Å². The van der Waals surface area contributed by atoms with E-state index in [1.807, 2.05) is 49.4 Å². The van der Waals surface area contributed by atoms with Gasteiger partial charge in [0.15, 0.2) is 5.75 Å². The molecular formula is C22H19Cl2NO3. The van der Waals surface area contributed by atoms with Crippen LogP contribution in [0.3, 0.4) is 0 Å². The molecule has 2 N–H and O–H groups in total. The number of rotatable bonds is 7. The molecule has 0 aliphatic carbocycles. The normalized spacial score (nSPS) is 10.5. The predicted octanol–water partition coefficient (Wildman–Crippen LogP) is 6.19. The molecule has 0 heterocycles. The summed E-state index contributed by atoms with van der Waals surface area (Å²) >= 11 is 12.7. The number of benzene rings is 3. The van der Waals surface area contributed by atoms with Crippen molar-refractivity contribution in [3.8, 4) is 5.75 Å². The van der Waals surface area contributed by atoms with Crippen LogP contribution in [0.4, 0.5) is 5.69 Å². The second-order valence-electron chi connectivity index (χ2n) is 6.35. The quantitative estimate of drug-likeness (QED) is 0.482. The van der Waals surface area contributed by atoms with E-state index in [9.17, 15) is 4.79 Å². The molecule has 0 saturated carbocycles. The van der Waals surface area contributed by atoms with Crippen LogP contribution in [0.1, 0.15) is 27.0 Å². The van der Waals surface area contributed by atoms with E-state index in [0.29, 0.717) is 28.9 Å². The number of carboxylic acid groups (broad SMARTS) is 1. The molecule has 0 amide bonds. The highest BCUT2D eigenvalue weighted by atomic mass is 35.5. The minimum Gasteiger partial charge on any atom is -0.486 e. The van der Waals surface area contributed by atoms with Crippen molar-refractivity contribution >= 4 is 34.9 Å². The third-order valence-corrected chi connectivity index (χ3v) is 4.80. The third-order valence-electron chi connectivity index (χ3n) is 4.24. The Morgan fingerprint density at radius 1 is 1.00 bits per heavy atom. The minimum atomic E-state index is -0.945. The van der Waals surface area contributed by atoms with Crippen molar-refractivity contribution in [3.63, 3.8) is 0 Å². The lowest BCUT2D eigenvalue weighted by Gasteiger charge is -2.14. The first-order valence-electron chi connectivity index (χ1n) is 8.66. The number of aromatic carboxylic acids is 1. The molecule has 0 fully saturated rings. The molecule has 144 valence electrons. The van der Waals surface area contributed by atoms with E-state index in [-0.39, 0.29) is 5.56 Å². The van der Waals surface area contributed by atoms with Gasteiger partial charge in [-0.05, 0) is 53.9 Å². The zero-order chi connectivity index (χ0) is 20.1. The first-order chi connectivity index (χ1) is 13.4. The van der Waals surface area contributed by atoms with Gasteiger partial charge in [0.05, 0.1) is 15.6 Å². The summed E-state index contributed by atoms with van der Waals surface area (Å²) in [5, 5.41) is 13.2. The Labute approximate surface area is 173 Å². The van der Waals surface area contributed by atoms with Crippen LogP contribution in [-0.4, -0.2) is 11.1 Å². The number of nitrogens with one attached hydrogen (secondary N) is 1. The summed E-state index contributed by atoms with van der Waals surface area (Å²) in [5.41, 5.74) is 3.88. The summed E-state index contributed by atoms with van der Waals surface area (Å²) in [7, 11) is 0. The van der Waals surface area contributed by atoms with Crippen LogP contribution in [0, 0.1) is 6.92 Å². The largest absolute Gasteiger partial charge is 0.486 e. The zero-order valence-electron chi connectivity index (χ0n) is 15.2. The van der Waals surface area contributed by atoms with Gasteiger partial charge >= 0.3 is 5.97 Å². The molecule has 3 aromatic rings. The van der Waals surface area contributed by atoms with Crippen LogP contribution in [0.15, 0.2) is 60.7 Å². The number of halogens is 2. The molecule has 3 rings (SSSR count). The maximum absolute atomic E-state index is 11.0. The number of hydrogen-bond acceptors (Lipinski definition) is 3. The Morgan fingerprint density at radius 3 is 2.29 bits per heavy atom. The van der Waals surface area contributed by atoms with Crippen molar-refractivity contribution in [2.75, 3.05) is 5.32 Å². The number of carbonyl (C=O) groups is 1. The van der Waals surface area contributed by atoms with Crippen molar-refractivity contribution < 1.29 is 14.6 Å². The van der Waals surface area contributed by atoms with Gasteiger partial charge in [-0.15, -0.1) is 0 Å². The van der Waals surface area contributed by atoms with Gasteiger partial charge < -0.3 is 15.2 Å². The molecular weight excluding hydrogens is 397 g/mol. The minimum absolute atomic E-state index is 0.258. The van der Waals surface area contributed by atoms with E-state index in [1.165, 1.54) is 0 Å². The van der Waals surface area contributed by atoms with Crippen LogP contribution < -0.4 is 10.1 Å². The fourth-order valence-corrected chi connectivity index (χ4v) is 3.42. The topological polar surface area (TPSA) is 58.6 Å². The molecule has 6 heteroatoms. The Balaban J connectivity index is 1.68. The molecule has 0 radical (unpaired) electrons. The molecule has 3 aromatic carbocycles. The number of aryl methyl sites for hydroxylation is 1. The van der Waals surface area contributed by atoms with E-state index in [2.05, 4.69) is 5.32 Å². The predicted molar refractivity (Wildman–Crippen MR) is 113 cm³/mol. The molecule has 0 aliphatic rings. The third kappa shape index (κ3) is 4.97. The van der Waals surface area contributed by atoms with Gasteiger partial charge in [0.2, 0.25) is 0 Å². The number of anilines is 1. The summed E-state index contributed by atoms with van der Waals surface area (Å²) < 4.78 is 5.79. The number of carboxylic acids is 1. The Bertz CT molecular complexity index is 967. The summed E-state index contributed by atoms with van der Waals surface area (Å²) in [6.07, 6.45) is 0. The molecule has 0 saturated heterocycles. The Morgan fingerprint density at radius 2 is 1.68 bits per heavy atom. The summed E-state index contributed by atoms with van der Waals surface area (Å²) in [5.74, 6) is -0.489. The fourth-order valence-electron chi connectivity index (χ4n) is 2.77. The van der Waals surface area contributed by atoms with Gasteiger partial charge in [-0.2, -0.15) is 0 Å². The second kappa shape index (κ2) is 9.00. The highest BCUT2D eigenvalue weighted by Gasteiger charge is 2.11. The van der Waals surface area contributed by atoms with Gasteiger partial charge in [0.25, 0.3) is 0 Å². The molecule has 0 spiro atoms. The number of hydrogen-bond donors (Lipinski definition) is 2. The van der Waals surface area contributed by atoms with Crippen molar-refractivity contribution in [2.24, 2.45) is 0 Å². The molecule has 0 atom stereocenters. The highest BCUT2D eigenvalue weighted by Crippen LogP contribution is 2.35. The summed E-state index contributed by atoms with van der Waals surface area (Å²) in [6.45, 7) is 2.73. The first kappa shape index (κ1) is 20.1. The molecule has 0 aromatic heterocycles. The van der Waals surface area contributed by atoms with Crippen molar-refractivity contribution in [1.29, 1.82) is 0 Å². The summed E-state index contributed by atoms with van der Waals surface area (Å²) in [4.78, 5) is 11.0. The smallest absolute Gasteiger partial charge is 0.335 e. The van der Waals surface area contributed by atoms with Gasteiger partial charge in [-0.1, -0.05) is 53.5 Å². The van der Waals surface area contributed by atoms with Crippen LogP contribution >= 0.6 is 23.2 Å². The fraction of sp³-hybridized carbons (Fsp3) is 0.136. The van der Waals surface area contributed by atoms with Crippen LogP contribution in [0.2, 0.25) is 10.0 Å². The molecule has 0 unspecified atom stereocenters. The highest BCUT2D eigenvalue weighted by molar-refractivity contribution is 6.37. The van der Waals surface area contributed by atoms with Crippen molar-refractivity contribution in [2.45, 2.75) is 20.1 Å². The van der Waals surface area contributed by atoms with Gasteiger partial charge in [0.1, 0.15) is 6.61 Å². The average Bonchev–Trinajstić information content (AvgIpc) is 2.67. The van der Waals surface area contributed by atoms with E-state index >= 15 is 0 Å². The van der Waals surface area contributed by atoms with Crippen molar-refractivity contribution in [3.05, 3.63) is 93.0 Å².